The quantitative estimate of drug-likeness (QED) is 0.667. The van der Waals surface area contributed by atoms with Crippen LogP contribution in [0.4, 0.5) is 0 Å². The number of hydrogen-bond acceptors (Lipinski definition) is 1. The Morgan fingerprint density at radius 3 is 2.46 bits per heavy atom. The molecule has 1 aliphatic rings. The molecular formula is C12H25N. The Labute approximate surface area is 83.3 Å². The molecule has 1 fully saturated rings. The molecule has 78 valence electrons. The summed E-state index contributed by atoms with van der Waals surface area (Å²) in [4.78, 5) is 0. The van der Waals surface area contributed by atoms with E-state index in [0.29, 0.717) is 0 Å². The summed E-state index contributed by atoms with van der Waals surface area (Å²) in [6.45, 7) is 4.68. The second kappa shape index (κ2) is 5.64. The molecule has 1 aliphatic carbocycles. The average molecular weight is 183 g/mol. The van der Waals surface area contributed by atoms with E-state index >= 15 is 0 Å². The maximum atomic E-state index is 3.49. The van der Waals surface area contributed by atoms with E-state index in [2.05, 4.69) is 26.2 Å². The van der Waals surface area contributed by atoms with Gasteiger partial charge in [-0.2, -0.15) is 0 Å². The number of nitrogens with one attached hydrogen (secondary N) is 1. The van der Waals surface area contributed by atoms with E-state index in [4.69, 9.17) is 0 Å². The highest BCUT2D eigenvalue weighted by Crippen LogP contribution is 2.32. The zero-order valence-corrected chi connectivity index (χ0v) is 9.47. The smallest absolute Gasteiger partial charge is 0.00948 e. The summed E-state index contributed by atoms with van der Waals surface area (Å²) in [5.41, 5.74) is 0. The monoisotopic (exact) mass is 183 g/mol. The van der Waals surface area contributed by atoms with E-state index < -0.39 is 0 Å². The van der Waals surface area contributed by atoms with Gasteiger partial charge in [0.1, 0.15) is 0 Å². The molecule has 1 saturated carbocycles. The highest BCUT2D eigenvalue weighted by molar-refractivity contribution is 4.82. The largest absolute Gasteiger partial charge is 0.317 e. The van der Waals surface area contributed by atoms with Crippen molar-refractivity contribution in [2.45, 2.75) is 58.4 Å². The highest BCUT2D eigenvalue weighted by atomic mass is 14.9. The number of hydrogen-bond donors (Lipinski definition) is 1. The third kappa shape index (κ3) is 3.30. The Kier molecular flexibility index (Phi) is 4.79. The molecule has 1 N–H and O–H groups in total. The van der Waals surface area contributed by atoms with Crippen LogP contribution in [0.5, 0.6) is 0 Å². The third-order valence-electron chi connectivity index (χ3n) is 3.53. The summed E-state index contributed by atoms with van der Waals surface area (Å²) in [5.74, 6) is 1.90. The summed E-state index contributed by atoms with van der Waals surface area (Å²) in [7, 11) is 2.13. The molecule has 0 heterocycles. The van der Waals surface area contributed by atoms with Crippen molar-refractivity contribution in [3.05, 3.63) is 0 Å². The molecule has 0 aromatic rings. The molecule has 0 amide bonds. The summed E-state index contributed by atoms with van der Waals surface area (Å²) in [6, 6.07) is 0.801. The fourth-order valence-corrected chi connectivity index (χ4v) is 2.43. The van der Waals surface area contributed by atoms with Gasteiger partial charge in [0.05, 0.1) is 0 Å². The maximum absolute atomic E-state index is 3.49. The lowest BCUT2D eigenvalue weighted by molar-refractivity contribution is 0.208. The molecule has 0 saturated heterocycles. The first-order chi connectivity index (χ1) is 6.27. The molecule has 0 aromatic carbocycles. The van der Waals surface area contributed by atoms with Crippen molar-refractivity contribution in [3.8, 4) is 0 Å². The molecule has 1 heteroatoms. The molecule has 0 aliphatic heterocycles. The van der Waals surface area contributed by atoms with Crippen LogP contribution in [-0.2, 0) is 0 Å². The molecule has 13 heavy (non-hydrogen) atoms. The van der Waals surface area contributed by atoms with Crippen LogP contribution in [0.3, 0.4) is 0 Å². The molecule has 0 bridgehead atoms. The van der Waals surface area contributed by atoms with E-state index in [-0.39, 0.29) is 0 Å². The zero-order valence-electron chi connectivity index (χ0n) is 9.47. The van der Waals surface area contributed by atoms with E-state index in [9.17, 15) is 0 Å². The van der Waals surface area contributed by atoms with Gasteiger partial charge in [0, 0.05) is 6.04 Å². The average Bonchev–Trinajstić information content (AvgIpc) is 2.00. The zero-order chi connectivity index (χ0) is 9.68. The van der Waals surface area contributed by atoms with Crippen molar-refractivity contribution >= 4 is 0 Å². The minimum absolute atomic E-state index is 0.801. The minimum Gasteiger partial charge on any atom is -0.317 e. The minimum atomic E-state index is 0.801. The van der Waals surface area contributed by atoms with Gasteiger partial charge in [-0.3, -0.25) is 0 Å². The molecule has 2 unspecified atom stereocenters. The predicted octanol–water partition coefficient (Wildman–Crippen LogP) is 3.20. The first kappa shape index (κ1) is 11.0. The topological polar surface area (TPSA) is 12.0 Å². The van der Waals surface area contributed by atoms with Gasteiger partial charge in [0.25, 0.3) is 0 Å². The molecule has 0 spiro atoms. The van der Waals surface area contributed by atoms with Crippen molar-refractivity contribution in [1.82, 2.24) is 5.32 Å². The Hall–Kier alpha value is -0.0400. The van der Waals surface area contributed by atoms with Gasteiger partial charge >= 0.3 is 0 Å². The van der Waals surface area contributed by atoms with Crippen molar-refractivity contribution in [2.24, 2.45) is 11.8 Å². The van der Waals surface area contributed by atoms with Gasteiger partial charge in [0.2, 0.25) is 0 Å². The van der Waals surface area contributed by atoms with E-state index in [1.165, 1.54) is 38.5 Å². The summed E-state index contributed by atoms with van der Waals surface area (Å²) < 4.78 is 0. The fraction of sp³-hybridized carbons (Fsp3) is 1.00. The van der Waals surface area contributed by atoms with Crippen LogP contribution in [0.15, 0.2) is 0 Å². The predicted molar refractivity (Wildman–Crippen MR) is 58.9 cm³/mol. The second-order valence-electron chi connectivity index (χ2n) is 4.72. The number of rotatable bonds is 6. The van der Waals surface area contributed by atoms with Gasteiger partial charge in [-0.05, 0) is 38.1 Å². The van der Waals surface area contributed by atoms with Gasteiger partial charge in [-0.15, -0.1) is 0 Å². The SMILES string of the molecule is CCCC(C)CC(NC)C1CCC1. The van der Waals surface area contributed by atoms with E-state index in [0.717, 1.165) is 17.9 Å². The lowest BCUT2D eigenvalue weighted by Crippen LogP contribution is -2.38. The van der Waals surface area contributed by atoms with Crippen molar-refractivity contribution < 1.29 is 0 Å². The lowest BCUT2D eigenvalue weighted by atomic mass is 9.76. The summed E-state index contributed by atoms with van der Waals surface area (Å²) in [6.07, 6.45) is 8.50. The Morgan fingerprint density at radius 1 is 1.38 bits per heavy atom. The van der Waals surface area contributed by atoms with Gasteiger partial charge in [-0.25, -0.2) is 0 Å². The fourth-order valence-electron chi connectivity index (χ4n) is 2.43. The van der Waals surface area contributed by atoms with E-state index in [1.54, 1.807) is 0 Å². The first-order valence-corrected chi connectivity index (χ1v) is 5.95. The lowest BCUT2D eigenvalue weighted by Gasteiger charge is -2.35. The molecule has 1 nitrogen and oxygen atoms in total. The first-order valence-electron chi connectivity index (χ1n) is 5.95. The Morgan fingerprint density at radius 2 is 2.08 bits per heavy atom. The Bertz CT molecular complexity index is 129. The summed E-state index contributed by atoms with van der Waals surface area (Å²) >= 11 is 0. The van der Waals surface area contributed by atoms with Crippen molar-refractivity contribution in [2.75, 3.05) is 7.05 Å². The van der Waals surface area contributed by atoms with E-state index in [1.807, 2.05) is 0 Å². The van der Waals surface area contributed by atoms with Crippen LogP contribution >= 0.6 is 0 Å². The normalized spacial score (nSPS) is 22.4. The van der Waals surface area contributed by atoms with Gasteiger partial charge in [0.15, 0.2) is 0 Å². The molecular weight excluding hydrogens is 158 g/mol. The van der Waals surface area contributed by atoms with Crippen LogP contribution in [0.25, 0.3) is 0 Å². The van der Waals surface area contributed by atoms with Crippen LogP contribution in [0, 0.1) is 11.8 Å². The van der Waals surface area contributed by atoms with Crippen molar-refractivity contribution in [1.29, 1.82) is 0 Å². The van der Waals surface area contributed by atoms with Crippen molar-refractivity contribution in [3.63, 3.8) is 0 Å². The van der Waals surface area contributed by atoms with Crippen LogP contribution in [0.2, 0.25) is 0 Å². The molecule has 0 radical (unpaired) electrons. The van der Waals surface area contributed by atoms with Gasteiger partial charge in [-0.1, -0.05) is 33.1 Å². The molecule has 0 aromatic heterocycles. The summed E-state index contributed by atoms with van der Waals surface area (Å²) in [5, 5.41) is 3.49. The van der Waals surface area contributed by atoms with Gasteiger partial charge < -0.3 is 5.32 Å². The third-order valence-corrected chi connectivity index (χ3v) is 3.53. The van der Waals surface area contributed by atoms with Crippen LogP contribution < -0.4 is 5.32 Å². The van der Waals surface area contributed by atoms with Crippen LogP contribution in [0.1, 0.15) is 52.4 Å². The highest BCUT2D eigenvalue weighted by Gasteiger charge is 2.26. The second-order valence-corrected chi connectivity index (χ2v) is 4.72. The molecule has 2 atom stereocenters. The van der Waals surface area contributed by atoms with Crippen LogP contribution in [-0.4, -0.2) is 13.1 Å². The Balaban J connectivity index is 2.21. The standard InChI is InChI=1S/C12H25N/c1-4-6-10(2)9-12(13-3)11-7-5-8-11/h10-13H,4-9H2,1-3H3. The molecule has 1 rings (SSSR count). The maximum Gasteiger partial charge on any atom is 0.00948 e.